The fourth-order valence-corrected chi connectivity index (χ4v) is 11.2. The summed E-state index contributed by atoms with van der Waals surface area (Å²) in [5.74, 6) is -5.43. The molecule has 0 aromatic heterocycles. The van der Waals surface area contributed by atoms with Gasteiger partial charge in [-0.1, -0.05) is 320 Å². The first kappa shape index (κ1) is 83.9. The number of benzene rings is 12. The summed E-state index contributed by atoms with van der Waals surface area (Å²) in [6.45, 7) is 9.58. The lowest BCUT2D eigenvalue weighted by Gasteiger charge is -2.20. The average molecular weight is 1410 g/mol. The molecule has 16 N–H and O–H groups in total. The Morgan fingerprint density at radius 2 is 0.423 bits per heavy atom. The third-order valence-electron chi connectivity index (χ3n) is 17.0. The smallest absolute Gasteiger partial charge is 0.167 e. The third kappa shape index (κ3) is 24.8. The van der Waals surface area contributed by atoms with Crippen LogP contribution in [-0.2, 0) is 0 Å². The molecule has 104 heavy (non-hydrogen) atoms. The Labute approximate surface area is 610 Å². The first-order chi connectivity index (χ1) is 50.4. The maximum atomic E-state index is 11.8. The SMILES string of the molecule is CCCCO.CCCCO.CCCCO.CCCCO.O=C([O-])c1ccc2ccccc2c1-c1c(C(=O)[O-])ccc2ccccc12.O=C([O-])c1ccc2ccccc2c1-c1c(C(=O)[O-])ccc2ccccc12.[NH3+][C@@H](c1ccccc1)[C@@H]([NH3+])c1ccccc1.[NH3+][C@H](c1ccccc1)[C@H]([NH3+])c1ccccc1. The lowest BCUT2D eigenvalue weighted by molar-refractivity contribution is -0.540. The van der Waals surface area contributed by atoms with Crippen LogP contribution in [0.1, 0.15) is 167 Å². The number of aromatic carboxylic acids is 4. The number of aliphatic hydroxyl groups is 4. The zero-order chi connectivity index (χ0) is 75.8. The summed E-state index contributed by atoms with van der Waals surface area (Å²) in [6.07, 6.45) is 8.15. The van der Waals surface area contributed by atoms with Gasteiger partial charge in [0.05, 0.1) is 23.9 Å². The molecule has 4 atom stereocenters. The molecule has 544 valence electrons. The molecule has 12 aromatic carbocycles. The summed E-state index contributed by atoms with van der Waals surface area (Å²) >= 11 is 0. The number of carbonyl (C=O) groups excluding carboxylic acids is 4. The Bertz CT molecular complexity index is 3960. The molecule has 12 aromatic rings. The highest BCUT2D eigenvalue weighted by molar-refractivity contribution is 6.18. The molecule has 0 saturated carbocycles. The highest BCUT2D eigenvalue weighted by atomic mass is 16.4. The molecule has 0 unspecified atom stereocenters. The van der Waals surface area contributed by atoms with Crippen LogP contribution in [-0.4, -0.2) is 70.7 Å². The molecule has 0 fully saturated rings. The van der Waals surface area contributed by atoms with Gasteiger partial charge in [-0.25, -0.2) is 0 Å². The third-order valence-corrected chi connectivity index (χ3v) is 17.0. The Kier molecular flexibility index (Phi) is 37.1. The topological polar surface area (TPSA) is 352 Å². The summed E-state index contributed by atoms with van der Waals surface area (Å²) in [5, 5.41) is 85.2. The maximum absolute atomic E-state index is 11.8. The van der Waals surface area contributed by atoms with Crippen molar-refractivity contribution in [2.45, 2.75) is 103 Å². The molecule has 0 amide bonds. The van der Waals surface area contributed by atoms with Gasteiger partial charge >= 0.3 is 0 Å². The van der Waals surface area contributed by atoms with Crippen LogP contribution in [0.3, 0.4) is 0 Å². The van der Waals surface area contributed by atoms with Crippen LogP contribution in [0.5, 0.6) is 0 Å². The Morgan fingerprint density at radius 1 is 0.260 bits per heavy atom. The second-order valence-electron chi connectivity index (χ2n) is 24.4. The molecular formula is C88H100N4O12. The van der Waals surface area contributed by atoms with Crippen molar-refractivity contribution in [2.24, 2.45) is 0 Å². The van der Waals surface area contributed by atoms with Crippen LogP contribution in [0, 0.1) is 0 Å². The van der Waals surface area contributed by atoms with E-state index in [1.54, 1.807) is 72.8 Å². The largest absolute Gasteiger partial charge is 0.545 e. The number of quaternary nitrogens is 4. The lowest BCUT2D eigenvalue weighted by Crippen LogP contribution is -2.68. The zero-order valence-corrected chi connectivity index (χ0v) is 60.1. The van der Waals surface area contributed by atoms with Gasteiger partial charge in [0, 0.05) is 70.9 Å². The summed E-state index contributed by atoms with van der Waals surface area (Å²) in [4.78, 5) is 47.1. The van der Waals surface area contributed by atoms with Crippen LogP contribution in [0.25, 0.3) is 65.3 Å². The Balaban J connectivity index is 0.000000232. The minimum atomic E-state index is -1.36. The maximum Gasteiger partial charge on any atom is 0.167 e. The van der Waals surface area contributed by atoms with E-state index in [2.05, 4.69) is 99.2 Å². The molecule has 12 rings (SSSR count). The van der Waals surface area contributed by atoms with Crippen molar-refractivity contribution < 1.29 is 83.0 Å². The number of hydrogen-bond donors (Lipinski definition) is 8. The summed E-state index contributed by atoms with van der Waals surface area (Å²) in [7, 11) is 0. The molecule has 16 nitrogen and oxygen atoms in total. The van der Waals surface area contributed by atoms with E-state index in [-0.39, 0.29) is 46.4 Å². The van der Waals surface area contributed by atoms with E-state index in [0.717, 1.165) is 72.9 Å². The minimum absolute atomic E-state index is 0.0532. The standard InChI is InChI=1S/2C22H14O4.2C14H16N2.4C4H10O/c2*23-21(24)17-11-9-13-5-1-3-7-15(13)19(17)20-16-8-4-2-6-14(16)10-12-18(20)22(25)26;2*15-13(11-7-3-1-4-8-11)14(16)12-9-5-2-6-10-12;4*1-2-3-4-5/h2*1-12H,(H,23,24)(H,25,26);2*1-10,13-14H,15-16H2;4*5H,2-4H2,1H3/t;;2*13-,14-;;;;/m..10..../s1. The van der Waals surface area contributed by atoms with Crippen LogP contribution in [0.15, 0.2) is 267 Å². The van der Waals surface area contributed by atoms with Gasteiger partial charge < -0.3 is 83.0 Å². The number of hydrogen-bond acceptors (Lipinski definition) is 12. The monoisotopic (exact) mass is 1400 g/mol. The van der Waals surface area contributed by atoms with Crippen molar-refractivity contribution >= 4 is 67.0 Å². The van der Waals surface area contributed by atoms with Crippen LogP contribution < -0.4 is 43.4 Å². The van der Waals surface area contributed by atoms with E-state index in [4.69, 9.17) is 20.4 Å². The van der Waals surface area contributed by atoms with Crippen molar-refractivity contribution in [3.63, 3.8) is 0 Å². The van der Waals surface area contributed by atoms with E-state index < -0.39 is 23.9 Å². The van der Waals surface area contributed by atoms with Crippen molar-refractivity contribution in [1.82, 2.24) is 0 Å². The quantitative estimate of drug-likeness (QED) is 0.0353. The first-order valence-electron chi connectivity index (χ1n) is 35.3. The molecule has 0 aliphatic heterocycles. The van der Waals surface area contributed by atoms with E-state index in [1.165, 1.54) is 46.5 Å². The molecule has 0 heterocycles. The molecule has 0 bridgehead atoms. The molecule has 0 spiro atoms. The first-order valence-corrected chi connectivity index (χ1v) is 35.3. The van der Waals surface area contributed by atoms with Crippen molar-refractivity contribution in [1.29, 1.82) is 0 Å². The van der Waals surface area contributed by atoms with Crippen LogP contribution >= 0.6 is 0 Å². The number of fused-ring (bicyclic) bond motifs is 4. The van der Waals surface area contributed by atoms with Crippen molar-refractivity contribution in [3.05, 3.63) is 311 Å². The zero-order valence-electron chi connectivity index (χ0n) is 60.1. The minimum Gasteiger partial charge on any atom is -0.545 e. The van der Waals surface area contributed by atoms with Crippen LogP contribution in [0.4, 0.5) is 0 Å². The summed E-state index contributed by atoms with van der Waals surface area (Å²) in [6, 6.07) is 83.7. The predicted molar refractivity (Wildman–Crippen MR) is 407 cm³/mol. The molecule has 0 saturated heterocycles. The lowest BCUT2D eigenvalue weighted by atomic mass is 9.87. The van der Waals surface area contributed by atoms with E-state index in [9.17, 15) is 39.6 Å². The Morgan fingerprint density at radius 3 is 0.567 bits per heavy atom. The number of carboxylic acid groups (broad SMARTS) is 4. The number of carboxylic acids is 4. The van der Waals surface area contributed by atoms with Crippen molar-refractivity contribution in [3.8, 4) is 22.3 Å². The van der Waals surface area contributed by atoms with Gasteiger partial charge in [-0.15, -0.1) is 0 Å². The van der Waals surface area contributed by atoms with E-state index in [1.807, 2.05) is 121 Å². The number of carbonyl (C=O) groups is 4. The molecule has 0 radical (unpaired) electrons. The van der Waals surface area contributed by atoms with Gasteiger partial charge in [-0.2, -0.15) is 0 Å². The van der Waals surface area contributed by atoms with Crippen LogP contribution in [0.2, 0.25) is 0 Å². The number of unbranched alkanes of at least 4 members (excludes halogenated alkanes) is 4. The van der Waals surface area contributed by atoms with Crippen molar-refractivity contribution in [2.75, 3.05) is 26.4 Å². The normalized spacial score (nSPS) is 11.5. The van der Waals surface area contributed by atoms with Gasteiger partial charge in [-0.05, 0) is 91.0 Å². The predicted octanol–water partition coefficient (Wildman–Crippen LogP) is 9.79. The highest BCUT2D eigenvalue weighted by Crippen LogP contribution is 2.41. The van der Waals surface area contributed by atoms with Gasteiger partial charge in [0.15, 0.2) is 24.2 Å². The molecule has 0 aliphatic carbocycles. The molecule has 16 heteroatoms. The average Bonchev–Trinajstić information content (AvgIpc) is 0.755. The van der Waals surface area contributed by atoms with Gasteiger partial charge in [-0.3, -0.25) is 0 Å². The highest BCUT2D eigenvalue weighted by Gasteiger charge is 2.25. The molecule has 0 aliphatic rings. The summed E-state index contributed by atoms with van der Waals surface area (Å²) in [5.41, 5.74) is 23.0. The van der Waals surface area contributed by atoms with Gasteiger partial charge in [0.2, 0.25) is 0 Å². The fourth-order valence-electron chi connectivity index (χ4n) is 11.2. The Hall–Kier alpha value is -10.8. The fraction of sp³-hybridized carbons (Fsp3) is 0.227. The summed E-state index contributed by atoms with van der Waals surface area (Å²) < 4.78 is 0. The molecular weight excluding hydrogens is 1300 g/mol. The second kappa shape index (κ2) is 46.0. The van der Waals surface area contributed by atoms with E-state index >= 15 is 0 Å². The van der Waals surface area contributed by atoms with E-state index in [0.29, 0.717) is 70.2 Å². The number of aliphatic hydroxyl groups excluding tert-OH is 4. The second-order valence-corrected chi connectivity index (χ2v) is 24.4. The van der Waals surface area contributed by atoms with Gasteiger partial charge in [0.25, 0.3) is 0 Å². The number of rotatable bonds is 20. The van der Waals surface area contributed by atoms with Gasteiger partial charge in [0.1, 0.15) is 0 Å².